The molecule has 1 atom stereocenters. The Morgan fingerprint density at radius 3 is 2.40 bits per heavy atom. The number of anilines is 2. The standard InChI is InChI=1S/C31H24N4O5S2/c36-28(19-40-25-14-5-2-6-15-25)32-23-12-8-16-26(18-23)42-29(21-9-3-1-4-10-21)30(37)34-31-33-27(20-41-31)22-11-7-13-24(17-22)35(38)39/h1-18,20,29H,19H2,(H,32,36)(H,33,34,37). The minimum Gasteiger partial charge on any atom is -0.484 e. The van der Waals surface area contributed by atoms with Gasteiger partial charge in [-0.05, 0) is 35.9 Å². The van der Waals surface area contributed by atoms with Crippen LogP contribution in [0.2, 0.25) is 0 Å². The molecule has 11 heteroatoms. The van der Waals surface area contributed by atoms with Crippen LogP contribution in [0.3, 0.4) is 0 Å². The molecule has 0 fully saturated rings. The van der Waals surface area contributed by atoms with Gasteiger partial charge in [-0.2, -0.15) is 0 Å². The molecule has 5 aromatic rings. The Bertz CT molecular complexity index is 1700. The van der Waals surface area contributed by atoms with Crippen LogP contribution in [0.4, 0.5) is 16.5 Å². The Morgan fingerprint density at radius 1 is 0.905 bits per heavy atom. The molecule has 0 aliphatic carbocycles. The van der Waals surface area contributed by atoms with Crippen molar-refractivity contribution in [3.05, 3.63) is 130 Å². The van der Waals surface area contributed by atoms with Gasteiger partial charge in [0.05, 0.1) is 10.6 Å². The van der Waals surface area contributed by atoms with Crippen molar-refractivity contribution in [1.82, 2.24) is 4.98 Å². The number of thiazole rings is 1. The second kappa shape index (κ2) is 13.6. The molecule has 0 saturated carbocycles. The number of rotatable bonds is 11. The first-order valence-corrected chi connectivity index (χ1v) is 14.5. The molecular formula is C31H24N4O5S2. The SMILES string of the molecule is O=C(COc1ccccc1)Nc1cccc(SC(C(=O)Nc2nc(-c3cccc([N+](=O)[O-])c3)cs2)c2ccccc2)c1. The van der Waals surface area contributed by atoms with E-state index in [1.165, 1.54) is 35.2 Å². The predicted octanol–water partition coefficient (Wildman–Crippen LogP) is 7.21. The molecule has 0 radical (unpaired) electrons. The summed E-state index contributed by atoms with van der Waals surface area (Å²) in [5.41, 5.74) is 2.45. The Labute approximate surface area is 249 Å². The third-order valence-corrected chi connectivity index (χ3v) is 7.92. The number of non-ortho nitro benzene ring substituents is 1. The number of para-hydroxylation sites is 1. The minimum absolute atomic E-state index is 0.0335. The molecule has 0 aliphatic heterocycles. The van der Waals surface area contributed by atoms with Crippen LogP contribution in [0.15, 0.2) is 119 Å². The van der Waals surface area contributed by atoms with Gasteiger partial charge in [0.2, 0.25) is 5.91 Å². The molecule has 2 amide bonds. The van der Waals surface area contributed by atoms with Crippen LogP contribution in [0.25, 0.3) is 11.3 Å². The summed E-state index contributed by atoms with van der Waals surface area (Å²) in [4.78, 5) is 42.0. The fourth-order valence-electron chi connectivity index (χ4n) is 3.96. The molecule has 2 N–H and O–H groups in total. The summed E-state index contributed by atoms with van der Waals surface area (Å²) in [5.74, 6) is 0.0182. The fraction of sp³-hybridized carbons (Fsp3) is 0.0645. The molecule has 210 valence electrons. The average Bonchev–Trinajstić information content (AvgIpc) is 3.48. The molecule has 5 rings (SSSR count). The summed E-state index contributed by atoms with van der Waals surface area (Å²) in [6, 6.07) is 31.9. The van der Waals surface area contributed by atoms with E-state index < -0.39 is 10.2 Å². The van der Waals surface area contributed by atoms with Crippen molar-refractivity contribution >= 4 is 51.4 Å². The summed E-state index contributed by atoms with van der Waals surface area (Å²) in [5, 5.41) is 18.4. The second-order valence-electron chi connectivity index (χ2n) is 8.92. The zero-order chi connectivity index (χ0) is 29.3. The maximum absolute atomic E-state index is 13.5. The van der Waals surface area contributed by atoms with Gasteiger partial charge < -0.3 is 15.4 Å². The van der Waals surface area contributed by atoms with E-state index in [4.69, 9.17) is 4.74 Å². The van der Waals surface area contributed by atoms with Gasteiger partial charge in [0.1, 0.15) is 11.0 Å². The summed E-state index contributed by atoms with van der Waals surface area (Å²) in [6.45, 7) is -0.136. The Balaban J connectivity index is 1.28. The highest BCUT2D eigenvalue weighted by atomic mass is 32.2. The number of carbonyl (C=O) groups excluding carboxylic acids is 2. The molecule has 1 aromatic heterocycles. The highest BCUT2D eigenvalue weighted by Crippen LogP contribution is 2.38. The molecular weight excluding hydrogens is 572 g/mol. The van der Waals surface area contributed by atoms with Crippen molar-refractivity contribution in [3.63, 3.8) is 0 Å². The number of nitrogens with one attached hydrogen (secondary N) is 2. The topological polar surface area (TPSA) is 123 Å². The van der Waals surface area contributed by atoms with E-state index in [9.17, 15) is 19.7 Å². The molecule has 4 aromatic carbocycles. The minimum atomic E-state index is -0.622. The van der Waals surface area contributed by atoms with Crippen molar-refractivity contribution in [2.24, 2.45) is 0 Å². The van der Waals surface area contributed by atoms with E-state index in [1.54, 1.807) is 41.8 Å². The smallest absolute Gasteiger partial charge is 0.270 e. The van der Waals surface area contributed by atoms with Crippen LogP contribution < -0.4 is 15.4 Å². The van der Waals surface area contributed by atoms with Gasteiger partial charge in [0.25, 0.3) is 11.6 Å². The van der Waals surface area contributed by atoms with Crippen molar-refractivity contribution in [2.45, 2.75) is 10.1 Å². The maximum atomic E-state index is 13.5. The first-order valence-electron chi connectivity index (χ1n) is 12.8. The number of ether oxygens (including phenoxy) is 1. The van der Waals surface area contributed by atoms with Gasteiger partial charge in [0, 0.05) is 33.7 Å². The average molecular weight is 597 g/mol. The number of carbonyl (C=O) groups is 2. The maximum Gasteiger partial charge on any atom is 0.270 e. The van der Waals surface area contributed by atoms with Crippen molar-refractivity contribution < 1.29 is 19.2 Å². The first-order chi connectivity index (χ1) is 20.4. The predicted molar refractivity (Wildman–Crippen MR) is 165 cm³/mol. The zero-order valence-corrected chi connectivity index (χ0v) is 23.6. The monoisotopic (exact) mass is 596 g/mol. The Morgan fingerprint density at radius 2 is 1.64 bits per heavy atom. The Hall–Kier alpha value is -5.00. The Kier molecular flexibility index (Phi) is 9.22. The number of aromatic nitrogens is 1. The van der Waals surface area contributed by atoms with E-state index in [0.29, 0.717) is 27.8 Å². The number of nitro groups is 1. The number of thioether (sulfide) groups is 1. The lowest BCUT2D eigenvalue weighted by Gasteiger charge is -2.17. The van der Waals surface area contributed by atoms with Gasteiger partial charge in [-0.25, -0.2) is 4.98 Å². The molecule has 9 nitrogen and oxygen atoms in total. The van der Waals surface area contributed by atoms with Gasteiger partial charge >= 0.3 is 0 Å². The largest absolute Gasteiger partial charge is 0.484 e. The number of nitro benzene ring substituents is 1. The number of hydrogen-bond acceptors (Lipinski definition) is 8. The lowest BCUT2D eigenvalue weighted by atomic mass is 10.1. The first kappa shape index (κ1) is 28.5. The van der Waals surface area contributed by atoms with E-state index >= 15 is 0 Å². The number of nitrogens with zero attached hydrogens (tertiary/aromatic N) is 2. The van der Waals surface area contributed by atoms with E-state index in [1.807, 2.05) is 60.7 Å². The van der Waals surface area contributed by atoms with Gasteiger partial charge in [-0.15, -0.1) is 23.1 Å². The van der Waals surface area contributed by atoms with Crippen molar-refractivity contribution in [3.8, 4) is 17.0 Å². The van der Waals surface area contributed by atoms with Crippen LogP contribution in [-0.4, -0.2) is 28.3 Å². The molecule has 0 spiro atoms. The van der Waals surface area contributed by atoms with Crippen LogP contribution in [-0.2, 0) is 9.59 Å². The van der Waals surface area contributed by atoms with Crippen molar-refractivity contribution in [1.29, 1.82) is 0 Å². The van der Waals surface area contributed by atoms with Crippen LogP contribution in [0.1, 0.15) is 10.8 Å². The molecule has 0 aliphatic rings. The molecule has 1 unspecified atom stereocenters. The molecule has 42 heavy (non-hydrogen) atoms. The number of benzene rings is 4. The third-order valence-electron chi connectivity index (χ3n) is 5.91. The fourth-order valence-corrected chi connectivity index (χ4v) is 5.77. The van der Waals surface area contributed by atoms with E-state index in [2.05, 4.69) is 15.6 Å². The molecule has 1 heterocycles. The van der Waals surface area contributed by atoms with E-state index in [0.717, 1.165) is 10.5 Å². The third kappa shape index (κ3) is 7.59. The highest BCUT2D eigenvalue weighted by molar-refractivity contribution is 8.00. The van der Waals surface area contributed by atoms with Crippen LogP contribution in [0, 0.1) is 10.1 Å². The lowest BCUT2D eigenvalue weighted by Crippen LogP contribution is -2.20. The summed E-state index contributed by atoms with van der Waals surface area (Å²) in [7, 11) is 0. The van der Waals surface area contributed by atoms with Crippen molar-refractivity contribution in [2.75, 3.05) is 17.2 Å². The lowest BCUT2D eigenvalue weighted by molar-refractivity contribution is -0.384. The van der Waals surface area contributed by atoms with E-state index in [-0.39, 0.29) is 24.1 Å². The summed E-state index contributed by atoms with van der Waals surface area (Å²) < 4.78 is 5.52. The second-order valence-corrected chi connectivity index (χ2v) is 11.0. The quantitative estimate of drug-likeness (QED) is 0.0938. The van der Waals surface area contributed by atoms with Gasteiger partial charge in [-0.1, -0.05) is 66.7 Å². The van der Waals surface area contributed by atoms with Gasteiger partial charge in [-0.3, -0.25) is 19.7 Å². The normalized spacial score (nSPS) is 11.3. The molecule has 0 bridgehead atoms. The van der Waals surface area contributed by atoms with Crippen LogP contribution >= 0.6 is 23.1 Å². The zero-order valence-electron chi connectivity index (χ0n) is 22.0. The summed E-state index contributed by atoms with van der Waals surface area (Å²) >= 11 is 2.57. The molecule has 0 saturated heterocycles. The number of amides is 2. The number of hydrogen-bond donors (Lipinski definition) is 2. The van der Waals surface area contributed by atoms with Gasteiger partial charge in [0.15, 0.2) is 11.7 Å². The van der Waals surface area contributed by atoms with Crippen LogP contribution in [0.5, 0.6) is 5.75 Å². The highest BCUT2D eigenvalue weighted by Gasteiger charge is 2.23. The summed E-state index contributed by atoms with van der Waals surface area (Å²) in [6.07, 6.45) is 0.